The topological polar surface area (TPSA) is 29.5 Å². The average Bonchev–Trinajstić information content (AvgIpc) is 2.39. The zero-order chi connectivity index (χ0) is 12.5. The van der Waals surface area contributed by atoms with Crippen LogP contribution in [0.1, 0.15) is 44.1 Å². The van der Waals surface area contributed by atoms with Gasteiger partial charge in [0.25, 0.3) is 0 Å². The molecule has 96 valence electrons. The summed E-state index contributed by atoms with van der Waals surface area (Å²) in [7, 11) is 0. The summed E-state index contributed by atoms with van der Waals surface area (Å²) in [6, 6.07) is 6.32. The second kappa shape index (κ2) is 4.63. The van der Waals surface area contributed by atoms with Crippen LogP contribution in [0.5, 0.6) is 5.75 Å². The van der Waals surface area contributed by atoms with Crippen molar-refractivity contribution in [1.29, 1.82) is 0 Å². The van der Waals surface area contributed by atoms with E-state index in [1.165, 1.54) is 24.9 Å². The van der Waals surface area contributed by atoms with Crippen molar-refractivity contribution in [3.8, 4) is 5.75 Å². The number of carbonyl (C=O) groups is 1. The number of fused-ring (bicyclic) bond motifs is 1. The van der Waals surface area contributed by atoms with Crippen LogP contribution in [0.25, 0.3) is 0 Å². The molecule has 0 radical (unpaired) electrons. The fourth-order valence-electron chi connectivity index (χ4n) is 2.89. The molecule has 0 bridgehead atoms. The third-order valence-electron chi connectivity index (χ3n) is 3.95. The van der Waals surface area contributed by atoms with Crippen molar-refractivity contribution in [3.63, 3.8) is 0 Å². The van der Waals surface area contributed by atoms with Gasteiger partial charge in [-0.3, -0.25) is 4.79 Å². The Hall–Kier alpha value is -1.51. The van der Waals surface area contributed by atoms with Gasteiger partial charge in [0.2, 0.25) is 0 Å². The maximum absolute atomic E-state index is 11.5. The van der Waals surface area contributed by atoms with Crippen LogP contribution >= 0.6 is 0 Å². The number of esters is 1. The van der Waals surface area contributed by atoms with E-state index in [4.69, 9.17) is 4.74 Å². The lowest BCUT2D eigenvalue weighted by atomic mass is 9.94. The summed E-state index contributed by atoms with van der Waals surface area (Å²) in [5, 5.41) is 0. The van der Waals surface area contributed by atoms with E-state index in [0.29, 0.717) is 6.42 Å². The lowest BCUT2D eigenvalue weighted by Crippen LogP contribution is -2.29. The molecule has 2 heterocycles. The van der Waals surface area contributed by atoms with Crippen LogP contribution in [-0.2, 0) is 4.79 Å². The van der Waals surface area contributed by atoms with Crippen molar-refractivity contribution in [1.82, 2.24) is 0 Å². The van der Waals surface area contributed by atoms with E-state index in [-0.39, 0.29) is 11.9 Å². The Morgan fingerprint density at radius 2 is 2.00 bits per heavy atom. The average molecular weight is 245 g/mol. The van der Waals surface area contributed by atoms with Crippen LogP contribution in [0.3, 0.4) is 0 Å². The van der Waals surface area contributed by atoms with Gasteiger partial charge in [-0.2, -0.15) is 0 Å². The Balaban J connectivity index is 1.90. The number of carbonyl (C=O) groups excluding carboxylic acids is 1. The number of anilines is 1. The first-order valence-corrected chi connectivity index (χ1v) is 6.83. The summed E-state index contributed by atoms with van der Waals surface area (Å²) in [5.41, 5.74) is 2.35. The largest absolute Gasteiger partial charge is 0.426 e. The van der Waals surface area contributed by atoms with Crippen molar-refractivity contribution in [2.75, 3.05) is 18.0 Å². The van der Waals surface area contributed by atoms with Crippen LogP contribution in [0.15, 0.2) is 18.2 Å². The Labute approximate surface area is 108 Å². The van der Waals surface area contributed by atoms with Gasteiger partial charge in [-0.1, -0.05) is 13.0 Å². The number of benzene rings is 1. The maximum atomic E-state index is 11.5. The minimum Gasteiger partial charge on any atom is -0.426 e. The number of nitrogens with zero attached hydrogens (tertiary/aromatic N) is 1. The van der Waals surface area contributed by atoms with Crippen LogP contribution in [0, 0.1) is 0 Å². The van der Waals surface area contributed by atoms with E-state index in [1.807, 2.05) is 6.07 Å². The summed E-state index contributed by atoms with van der Waals surface area (Å²) >= 11 is 0. The molecule has 1 aromatic carbocycles. The highest BCUT2D eigenvalue weighted by Gasteiger charge is 2.24. The normalized spacial score (nSPS) is 23.5. The van der Waals surface area contributed by atoms with E-state index >= 15 is 0 Å². The van der Waals surface area contributed by atoms with E-state index < -0.39 is 0 Å². The Bertz CT molecular complexity index is 464. The molecular formula is C15H19NO2. The number of ether oxygens (including phenoxy) is 1. The van der Waals surface area contributed by atoms with Crippen LogP contribution in [-0.4, -0.2) is 19.1 Å². The fraction of sp³-hybridized carbons (Fsp3) is 0.533. The van der Waals surface area contributed by atoms with E-state index in [0.717, 1.165) is 24.4 Å². The predicted octanol–water partition coefficient (Wildman–Crippen LogP) is 3.09. The van der Waals surface area contributed by atoms with Crippen molar-refractivity contribution < 1.29 is 9.53 Å². The van der Waals surface area contributed by atoms with Crippen LogP contribution in [0.4, 0.5) is 5.69 Å². The minimum absolute atomic E-state index is 0.106. The maximum Gasteiger partial charge on any atom is 0.311 e. The Kier molecular flexibility index (Phi) is 2.98. The van der Waals surface area contributed by atoms with Gasteiger partial charge in [-0.15, -0.1) is 0 Å². The Morgan fingerprint density at radius 1 is 1.22 bits per heavy atom. The van der Waals surface area contributed by atoms with Gasteiger partial charge in [0.05, 0.1) is 6.42 Å². The number of piperidine rings is 1. The van der Waals surface area contributed by atoms with Crippen LogP contribution in [0.2, 0.25) is 0 Å². The number of hydrogen-bond acceptors (Lipinski definition) is 3. The molecule has 0 aromatic heterocycles. The molecule has 3 heteroatoms. The van der Waals surface area contributed by atoms with Crippen molar-refractivity contribution >= 4 is 11.7 Å². The minimum atomic E-state index is -0.106. The summed E-state index contributed by atoms with van der Waals surface area (Å²) < 4.78 is 5.37. The lowest BCUT2D eigenvalue weighted by Gasteiger charge is -2.30. The summed E-state index contributed by atoms with van der Waals surface area (Å²) in [6.45, 7) is 4.31. The molecule has 18 heavy (non-hydrogen) atoms. The smallest absolute Gasteiger partial charge is 0.311 e. The molecule has 3 rings (SSSR count). The van der Waals surface area contributed by atoms with Crippen molar-refractivity contribution in [3.05, 3.63) is 23.8 Å². The van der Waals surface area contributed by atoms with Gasteiger partial charge in [0.1, 0.15) is 5.75 Å². The second-order valence-electron chi connectivity index (χ2n) is 5.35. The molecule has 0 amide bonds. The molecule has 1 saturated heterocycles. The van der Waals surface area contributed by atoms with Crippen molar-refractivity contribution in [2.24, 2.45) is 0 Å². The van der Waals surface area contributed by atoms with Gasteiger partial charge in [0, 0.05) is 24.8 Å². The molecule has 2 aliphatic heterocycles. The Morgan fingerprint density at radius 3 is 2.78 bits per heavy atom. The van der Waals surface area contributed by atoms with Gasteiger partial charge in [-0.05, 0) is 36.8 Å². The highest BCUT2D eigenvalue weighted by atomic mass is 16.5. The molecular weight excluding hydrogens is 226 g/mol. The highest BCUT2D eigenvalue weighted by molar-refractivity contribution is 5.77. The first-order chi connectivity index (χ1) is 8.74. The van der Waals surface area contributed by atoms with Gasteiger partial charge in [0.15, 0.2) is 0 Å². The number of hydrogen-bond donors (Lipinski definition) is 0. The quantitative estimate of drug-likeness (QED) is 0.562. The van der Waals surface area contributed by atoms with Crippen LogP contribution < -0.4 is 9.64 Å². The molecule has 0 aliphatic carbocycles. The van der Waals surface area contributed by atoms with E-state index in [2.05, 4.69) is 24.0 Å². The third-order valence-corrected chi connectivity index (χ3v) is 3.95. The number of rotatable bonds is 1. The zero-order valence-corrected chi connectivity index (χ0v) is 10.8. The molecule has 1 fully saturated rings. The molecule has 1 atom stereocenters. The SMILES string of the molecule is CC1CC(=O)Oc2cc(N3CCCCC3)ccc21. The van der Waals surface area contributed by atoms with Gasteiger partial charge < -0.3 is 9.64 Å². The first-order valence-electron chi connectivity index (χ1n) is 6.83. The third kappa shape index (κ3) is 2.09. The summed E-state index contributed by atoms with van der Waals surface area (Å²) in [4.78, 5) is 13.9. The molecule has 0 spiro atoms. The van der Waals surface area contributed by atoms with Crippen molar-refractivity contribution in [2.45, 2.75) is 38.5 Å². The van der Waals surface area contributed by atoms with Gasteiger partial charge >= 0.3 is 5.97 Å². The summed E-state index contributed by atoms with van der Waals surface area (Å²) in [6.07, 6.45) is 4.34. The molecule has 0 N–H and O–H groups in total. The summed E-state index contributed by atoms with van der Waals surface area (Å²) in [5.74, 6) is 0.935. The van der Waals surface area contributed by atoms with E-state index in [9.17, 15) is 4.79 Å². The monoisotopic (exact) mass is 245 g/mol. The molecule has 2 aliphatic rings. The first kappa shape index (κ1) is 11.6. The molecule has 1 unspecified atom stereocenters. The fourth-order valence-corrected chi connectivity index (χ4v) is 2.89. The molecule has 1 aromatic rings. The molecule has 3 nitrogen and oxygen atoms in total. The lowest BCUT2D eigenvalue weighted by molar-refractivity contribution is -0.135. The highest BCUT2D eigenvalue weighted by Crippen LogP contribution is 2.37. The second-order valence-corrected chi connectivity index (χ2v) is 5.35. The molecule has 0 saturated carbocycles. The predicted molar refractivity (Wildman–Crippen MR) is 71.2 cm³/mol. The standard InChI is InChI=1S/C15H19NO2/c1-11-9-15(17)18-14-10-12(5-6-13(11)14)16-7-3-2-4-8-16/h5-6,10-11H,2-4,7-9H2,1H3. The van der Waals surface area contributed by atoms with Gasteiger partial charge in [-0.25, -0.2) is 0 Å². The van der Waals surface area contributed by atoms with E-state index in [1.54, 1.807) is 0 Å². The zero-order valence-electron chi connectivity index (χ0n) is 10.8.